The Balaban J connectivity index is 6.17. The molecule has 0 saturated heterocycles. The van der Waals surface area contributed by atoms with Gasteiger partial charge in [0.25, 0.3) is 0 Å². The molecule has 0 aromatic rings. The normalized spacial score (nSPS) is 17.5. The van der Waals surface area contributed by atoms with E-state index in [-0.39, 0.29) is 18.3 Å². The Kier molecular flexibility index (Phi) is 18.0. The Bertz CT molecular complexity index is 358. The van der Waals surface area contributed by atoms with Gasteiger partial charge >= 0.3 is 198 Å². The third kappa shape index (κ3) is 12.3. The summed E-state index contributed by atoms with van der Waals surface area (Å²) in [7, 11) is -2.01. The van der Waals surface area contributed by atoms with E-state index in [2.05, 4.69) is 62.3 Å². The molecule has 182 valence electrons. The van der Waals surface area contributed by atoms with Crippen LogP contribution in [0.25, 0.3) is 0 Å². The molecule has 0 radical (unpaired) electrons. The molecule has 0 aliphatic heterocycles. The molecular formula is C24H54O4SiZr. The number of unbranched alkanes of at least 4 members (excludes halogenated alkanes) is 3. The molecule has 3 unspecified atom stereocenters. The van der Waals surface area contributed by atoms with Crippen LogP contribution in [0.4, 0.5) is 0 Å². The van der Waals surface area contributed by atoms with Crippen LogP contribution in [0.5, 0.6) is 0 Å². The molecule has 0 aromatic heterocycles. The van der Waals surface area contributed by atoms with Gasteiger partial charge in [-0.05, 0) is 0 Å². The maximum atomic E-state index is 7.33. The van der Waals surface area contributed by atoms with Crippen molar-refractivity contribution < 1.29 is 33.0 Å². The first-order chi connectivity index (χ1) is 14.3. The zero-order valence-electron chi connectivity index (χ0n) is 21.9. The Hall–Kier alpha value is 0.940. The molecule has 0 rings (SSSR count). The fraction of sp³-hybridized carbons (Fsp3) is 1.00. The van der Waals surface area contributed by atoms with Crippen molar-refractivity contribution in [1.29, 1.82) is 0 Å². The molecule has 0 spiro atoms. The van der Waals surface area contributed by atoms with Gasteiger partial charge in [0, 0.05) is 0 Å². The topological polar surface area (TPSA) is 36.9 Å². The zero-order valence-corrected chi connectivity index (χ0v) is 25.3. The Morgan fingerprint density at radius 3 is 1.10 bits per heavy atom. The van der Waals surface area contributed by atoms with Gasteiger partial charge in [-0.25, -0.2) is 0 Å². The van der Waals surface area contributed by atoms with E-state index in [1.54, 1.807) is 0 Å². The average molecular weight is 526 g/mol. The molecule has 6 heteroatoms. The van der Waals surface area contributed by atoms with Gasteiger partial charge in [-0.15, -0.1) is 0 Å². The van der Waals surface area contributed by atoms with Crippen LogP contribution in [0, 0.1) is 0 Å². The predicted octanol–water partition coefficient (Wildman–Crippen LogP) is 8.61. The van der Waals surface area contributed by atoms with Gasteiger partial charge in [0.2, 0.25) is 0 Å². The van der Waals surface area contributed by atoms with Crippen LogP contribution in [-0.4, -0.2) is 26.6 Å². The third-order valence-corrected chi connectivity index (χ3v) is 20.7. The minimum atomic E-state index is -4.24. The minimum absolute atomic E-state index is 0.101. The van der Waals surface area contributed by atoms with Crippen LogP contribution in [0.15, 0.2) is 0 Å². The Morgan fingerprint density at radius 2 is 0.867 bits per heavy atom. The van der Waals surface area contributed by atoms with E-state index in [1.165, 1.54) is 56.7 Å². The van der Waals surface area contributed by atoms with E-state index < -0.39 is 30.3 Å². The molecule has 30 heavy (non-hydrogen) atoms. The van der Waals surface area contributed by atoms with Crippen molar-refractivity contribution in [2.75, 3.05) is 0 Å². The summed E-state index contributed by atoms with van der Waals surface area (Å²) in [6.45, 7) is 19.8. The van der Waals surface area contributed by atoms with Crippen molar-refractivity contribution >= 4 is 8.32 Å². The van der Waals surface area contributed by atoms with Crippen LogP contribution in [0.1, 0.15) is 120 Å². The van der Waals surface area contributed by atoms with Crippen LogP contribution in [-0.2, 0) is 33.0 Å². The second-order valence-corrected chi connectivity index (χ2v) is 18.9. The maximum absolute atomic E-state index is 7.33. The molecular weight excluding hydrogens is 472 g/mol. The van der Waals surface area contributed by atoms with Gasteiger partial charge in [0.1, 0.15) is 0 Å². The predicted molar refractivity (Wildman–Crippen MR) is 128 cm³/mol. The van der Waals surface area contributed by atoms with Gasteiger partial charge in [-0.3, -0.25) is 0 Å². The standard InChI is InChI=1S/C12H27OSi.3C4H9O.Zr/c1-4-7-10-14(13,11-8-5-2)12-9-6-3;3*1-3-4(2)5;/h4-12H2,1-3H3;3*4H,3H2,1-2H3;/q4*-1;+4. The van der Waals surface area contributed by atoms with Crippen molar-refractivity contribution in [1.82, 2.24) is 0 Å². The van der Waals surface area contributed by atoms with Crippen molar-refractivity contribution in [3.8, 4) is 0 Å². The summed E-state index contributed by atoms with van der Waals surface area (Å²) >= 11 is -4.24. The van der Waals surface area contributed by atoms with Crippen LogP contribution in [0.2, 0.25) is 18.1 Å². The summed E-state index contributed by atoms with van der Waals surface area (Å²) in [5.41, 5.74) is 0. The average Bonchev–Trinajstić information content (AvgIpc) is 2.74. The summed E-state index contributed by atoms with van der Waals surface area (Å²) in [4.78, 5) is 0. The van der Waals surface area contributed by atoms with Crippen LogP contribution < -0.4 is 0 Å². The molecule has 0 aliphatic rings. The third-order valence-electron chi connectivity index (χ3n) is 6.06. The molecule has 0 bridgehead atoms. The van der Waals surface area contributed by atoms with E-state index >= 15 is 0 Å². The first-order valence-electron chi connectivity index (χ1n) is 13.0. The Labute approximate surface area is 197 Å². The first-order valence-corrected chi connectivity index (χ1v) is 19.5. The van der Waals surface area contributed by atoms with Gasteiger partial charge in [-0.2, -0.15) is 0 Å². The Morgan fingerprint density at radius 1 is 0.567 bits per heavy atom. The molecule has 0 heterocycles. The van der Waals surface area contributed by atoms with E-state index in [0.29, 0.717) is 0 Å². The van der Waals surface area contributed by atoms with E-state index in [9.17, 15) is 0 Å². The van der Waals surface area contributed by atoms with Crippen LogP contribution in [0.3, 0.4) is 0 Å². The van der Waals surface area contributed by atoms with Crippen molar-refractivity contribution in [3.05, 3.63) is 0 Å². The second kappa shape index (κ2) is 17.4. The van der Waals surface area contributed by atoms with Gasteiger partial charge < -0.3 is 0 Å². The monoisotopic (exact) mass is 524 g/mol. The van der Waals surface area contributed by atoms with E-state index in [1.807, 2.05) is 0 Å². The number of hydrogen-bond donors (Lipinski definition) is 0. The fourth-order valence-electron chi connectivity index (χ4n) is 3.43. The zero-order chi connectivity index (χ0) is 23.0. The van der Waals surface area contributed by atoms with Crippen molar-refractivity contribution in [2.24, 2.45) is 0 Å². The summed E-state index contributed by atoms with van der Waals surface area (Å²) in [6.07, 6.45) is 10.5. The molecule has 0 amide bonds. The van der Waals surface area contributed by atoms with E-state index in [0.717, 1.165) is 19.3 Å². The first kappa shape index (κ1) is 30.9. The molecule has 0 aromatic carbocycles. The number of rotatable bonds is 20. The van der Waals surface area contributed by atoms with E-state index in [4.69, 9.17) is 10.9 Å². The molecule has 0 N–H and O–H groups in total. The number of hydrogen-bond acceptors (Lipinski definition) is 4. The van der Waals surface area contributed by atoms with Crippen molar-refractivity contribution in [2.45, 2.75) is 157 Å². The molecule has 3 atom stereocenters. The summed E-state index contributed by atoms with van der Waals surface area (Å²) in [5.74, 6) is 0. The summed E-state index contributed by atoms with van der Waals surface area (Å²) in [6, 6.07) is 3.62. The molecule has 4 nitrogen and oxygen atoms in total. The van der Waals surface area contributed by atoms with Gasteiger partial charge in [0.15, 0.2) is 0 Å². The molecule has 0 aliphatic carbocycles. The van der Waals surface area contributed by atoms with Gasteiger partial charge in [0.05, 0.1) is 0 Å². The van der Waals surface area contributed by atoms with Crippen LogP contribution >= 0.6 is 0 Å². The van der Waals surface area contributed by atoms with Crippen molar-refractivity contribution in [3.63, 3.8) is 0 Å². The van der Waals surface area contributed by atoms with Gasteiger partial charge in [-0.1, -0.05) is 0 Å². The quantitative estimate of drug-likeness (QED) is 0.149. The summed E-state index contributed by atoms with van der Waals surface area (Å²) in [5, 5.41) is 0. The molecule has 0 fully saturated rings. The summed E-state index contributed by atoms with van der Waals surface area (Å²) < 4.78 is 27.4. The fourth-order valence-corrected chi connectivity index (χ4v) is 20.7. The second-order valence-electron chi connectivity index (χ2n) is 9.11. The molecule has 0 saturated carbocycles. The SMILES string of the molecule is CCCC[Si](CCCC)(CCCC)[O][Zr]([O]C(C)CC)([O]C(C)CC)[O]C(C)CC.